The van der Waals surface area contributed by atoms with Crippen molar-refractivity contribution in [2.45, 2.75) is 34.2 Å². The summed E-state index contributed by atoms with van der Waals surface area (Å²) >= 11 is 0. The van der Waals surface area contributed by atoms with Gasteiger partial charge < -0.3 is 9.64 Å². The first-order valence-corrected chi connectivity index (χ1v) is 9.13. The van der Waals surface area contributed by atoms with Crippen molar-refractivity contribution in [3.05, 3.63) is 40.3 Å². The van der Waals surface area contributed by atoms with Crippen molar-refractivity contribution in [3.8, 4) is 0 Å². The van der Waals surface area contributed by atoms with Crippen LogP contribution in [-0.4, -0.2) is 47.4 Å². The summed E-state index contributed by atoms with van der Waals surface area (Å²) in [5, 5.41) is 5.58. The van der Waals surface area contributed by atoms with Gasteiger partial charge in [0.05, 0.1) is 12.0 Å². The Labute approximate surface area is 154 Å². The highest BCUT2D eigenvalue weighted by Gasteiger charge is 2.23. The predicted octanol–water partition coefficient (Wildman–Crippen LogP) is 2.80. The average Bonchev–Trinajstić information content (AvgIpc) is 2.60. The van der Waals surface area contributed by atoms with E-state index in [1.807, 2.05) is 26.0 Å². The van der Waals surface area contributed by atoms with Gasteiger partial charge in [0.15, 0.2) is 5.69 Å². The molecule has 0 N–H and O–H groups in total. The normalized spacial score (nSPS) is 11.5. The fourth-order valence-corrected chi connectivity index (χ4v) is 2.93. The minimum absolute atomic E-state index is 0.154. The van der Waals surface area contributed by atoms with E-state index in [1.165, 1.54) is 4.68 Å². The highest BCUT2D eigenvalue weighted by Crippen LogP contribution is 2.16. The zero-order valence-corrected chi connectivity index (χ0v) is 16.4. The minimum Gasteiger partial charge on any atom is -0.383 e. The Hall–Kier alpha value is -2.21. The Balaban J connectivity index is 2.56. The van der Waals surface area contributed by atoms with Gasteiger partial charge in [-0.3, -0.25) is 9.59 Å². The van der Waals surface area contributed by atoms with Crippen LogP contribution < -0.4 is 5.56 Å². The molecule has 0 radical (unpaired) electrons. The molecule has 0 saturated carbocycles. The molecule has 0 aliphatic rings. The van der Waals surface area contributed by atoms with Crippen molar-refractivity contribution in [2.24, 2.45) is 11.8 Å². The molecule has 142 valence electrons. The number of hydrogen-bond donors (Lipinski definition) is 0. The van der Waals surface area contributed by atoms with E-state index < -0.39 is 0 Å². The number of fused-ring (bicyclic) bond motifs is 1. The molecule has 1 aromatic heterocycles. The van der Waals surface area contributed by atoms with Gasteiger partial charge in [0.1, 0.15) is 0 Å². The standard InChI is InChI=1S/C20H29N3O3/c1-14(2)12-22(10-11-26-5)20(25)18-16-8-6-7-9-17(16)19(24)23(21-18)13-15(3)4/h6-9,14-15H,10-13H2,1-5H3. The highest BCUT2D eigenvalue weighted by molar-refractivity contribution is 6.04. The molecule has 0 unspecified atom stereocenters. The molecule has 2 aromatic rings. The molecular weight excluding hydrogens is 330 g/mol. The van der Waals surface area contributed by atoms with E-state index >= 15 is 0 Å². The first kappa shape index (κ1) is 20.1. The average molecular weight is 359 g/mol. The summed E-state index contributed by atoms with van der Waals surface area (Å²) in [4.78, 5) is 27.7. The van der Waals surface area contributed by atoms with Gasteiger partial charge >= 0.3 is 0 Å². The summed E-state index contributed by atoms with van der Waals surface area (Å²) in [5.74, 6) is 0.415. The number of carbonyl (C=O) groups excluding carboxylic acids is 1. The first-order chi connectivity index (χ1) is 12.3. The van der Waals surface area contributed by atoms with E-state index in [0.717, 1.165) is 0 Å². The lowest BCUT2D eigenvalue weighted by atomic mass is 10.1. The maximum absolute atomic E-state index is 13.2. The number of benzene rings is 1. The predicted molar refractivity (Wildman–Crippen MR) is 103 cm³/mol. The zero-order chi connectivity index (χ0) is 19.3. The van der Waals surface area contributed by atoms with Gasteiger partial charge in [0.25, 0.3) is 11.5 Å². The highest BCUT2D eigenvalue weighted by atomic mass is 16.5. The van der Waals surface area contributed by atoms with Gasteiger partial charge in [0, 0.05) is 32.1 Å². The third-order valence-corrected chi connectivity index (χ3v) is 4.05. The van der Waals surface area contributed by atoms with Crippen LogP contribution in [0.2, 0.25) is 0 Å². The molecule has 0 spiro atoms. The summed E-state index contributed by atoms with van der Waals surface area (Å²) in [7, 11) is 1.62. The van der Waals surface area contributed by atoms with Crippen LogP contribution in [0, 0.1) is 11.8 Å². The SMILES string of the molecule is COCCN(CC(C)C)C(=O)c1nn(CC(C)C)c(=O)c2ccccc12. The molecule has 1 aromatic carbocycles. The van der Waals surface area contributed by atoms with E-state index in [1.54, 1.807) is 24.1 Å². The van der Waals surface area contributed by atoms with Gasteiger partial charge in [-0.15, -0.1) is 0 Å². The van der Waals surface area contributed by atoms with Crippen molar-refractivity contribution in [2.75, 3.05) is 26.8 Å². The lowest BCUT2D eigenvalue weighted by Gasteiger charge is -2.24. The molecule has 0 atom stereocenters. The Bertz CT molecular complexity index is 812. The molecule has 0 aliphatic heterocycles. The molecule has 0 saturated heterocycles. The summed E-state index contributed by atoms with van der Waals surface area (Å²) in [6, 6.07) is 7.19. The maximum Gasteiger partial charge on any atom is 0.275 e. The number of rotatable bonds is 8. The van der Waals surface area contributed by atoms with E-state index in [2.05, 4.69) is 18.9 Å². The molecule has 26 heavy (non-hydrogen) atoms. The van der Waals surface area contributed by atoms with E-state index in [4.69, 9.17) is 4.74 Å². The molecular formula is C20H29N3O3. The van der Waals surface area contributed by atoms with E-state index in [9.17, 15) is 9.59 Å². The topological polar surface area (TPSA) is 64.4 Å². The monoisotopic (exact) mass is 359 g/mol. The number of methoxy groups -OCH3 is 1. The molecule has 0 fully saturated rings. The fourth-order valence-electron chi connectivity index (χ4n) is 2.93. The van der Waals surface area contributed by atoms with Crippen LogP contribution in [0.1, 0.15) is 38.2 Å². The Morgan fingerprint density at radius 2 is 1.81 bits per heavy atom. The Kier molecular flexibility index (Phi) is 6.91. The van der Waals surface area contributed by atoms with E-state index in [0.29, 0.717) is 48.6 Å². The second kappa shape index (κ2) is 8.94. The van der Waals surface area contributed by atoms with Crippen molar-refractivity contribution in [3.63, 3.8) is 0 Å². The van der Waals surface area contributed by atoms with Crippen LogP contribution in [0.15, 0.2) is 29.1 Å². The summed E-state index contributed by atoms with van der Waals surface area (Å²) in [6.45, 7) is 10.2. The molecule has 6 heteroatoms. The van der Waals surface area contributed by atoms with Crippen LogP contribution in [0.25, 0.3) is 10.8 Å². The quantitative estimate of drug-likeness (QED) is 0.727. The van der Waals surface area contributed by atoms with Crippen LogP contribution in [-0.2, 0) is 11.3 Å². The third kappa shape index (κ3) is 4.69. The molecule has 0 bridgehead atoms. The second-order valence-corrected chi connectivity index (χ2v) is 7.41. The van der Waals surface area contributed by atoms with Gasteiger partial charge in [-0.1, -0.05) is 45.9 Å². The van der Waals surface area contributed by atoms with Crippen molar-refractivity contribution in [1.29, 1.82) is 0 Å². The van der Waals surface area contributed by atoms with Crippen molar-refractivity contribution >= 4 is 16.7 Å². The molecule has 2 rings (SSSR count). The molecule has 0 aliphatic carbocycles. The smallest absolute Gasteiger partial charge is 0.275 e. The van der Waals surface area contributed by atoms with Gasteiger partial charge in [0.2, 0.25) is 0 Å². The lowest BCUT2D eigenvalue weighted by molar-refractivity contribution is 0.0666. The Morgan fingerprint density at radius 3 is 2.38 bits per heavy atom. The number of aromatic nitrogens is 2. The van der Waals surface area contributed by atoms with Gasteiger partial charge in [-0.2, -0.15) is 5.10 Å². The van der Waals surface area contributed by atoms with Gasteiger partial charge in [-0.05, 0) is 17.9 Å². The number of amides is 1. The number of nitrogens with zero attached hydrogens (tertiary/aromatic N) is 3. The van der Waals surface area contributed by atoms with Crippen LogP contribution in [0.3, 0.4) is 0 Å². The number of ether oxygens (including phenoxy) is 1. The third-order valence-electron chi connectivity index (χ3n) is 4.05. The number of carbonyl (C=O) groups is 1. The van der Waals surface area contributed by atoms with Crippen molar-refractivity contribution in [1.82, 2.24) is 14.7 Å². The summed E-state index contributed by atoms with van der Waals surface area (Å²) < 4.78 is 6.57. The first-order valence-electron chi connectivity index (χ1n) is 9.13. The number of hydrogen-bond acceptors (Lipinski definition) is 4. The molecule has 1 amide bonds. The summed E-state index contributed by atoms with van der Waals surface area (Å²) in [6.07, 6.45) is 0. The van der Waals surface area contributed by atoms with Crippen LogP contribution in [0.5, 0.6) is 0 Å². The van der Waals surface area contributed by atoms with Gasteiger partial charge in [-0.25, -0.2) is 4.68 Å². The second-order valence-electron chi connectivity index (χ2n) is 7.41. The lowest BCUT2D eigenvalue weighted by Crippen LogP contribution is -2.39. The molecule has 6 nitrogen and oxygen atoms in total. The van der Waals surface area contributed by atoms with E-state index in [-0.39, 0.29) is 17.4 Å². The maximum atomic E-state index is 13.2. The van der Waals surface area contributed by atoms with Crippen molar-refractivity contribution < 1.29 is 9.53 Å². The zero-order valence-electron chi connectivity index (χ0n) is 16.4. The molecule has 1 heterocycles. The largest absolute Gasteiger partial charge is 0.383 e. The van der Waals surface area contributed by atoms with Crippen LogP contribution in [0.4, 0.5) is 0 Å². The minimum atomic E-state index is -0.163. The Morgan fingerprint density at radius 1 is 1.15 bits per heavy atom. The fraction of sp³-hybridized carbons (Fsp3) is 0.550. The van der Waals surface area contributed by atoms with Crippen LogP contribution >= 0.6 is 0 Å². The summed E-state index contributed by atoms with van der Waals surface area (Å²) in [5.41, 5.74) is 0.177.